The zero-order valence-corrected chi connectivity index (χ0v) is 6.07. The second kappa shape index (κ2) is 2.26. The molecule has 4 N–H and O–H groups in total. The van der Waals surface area contributed by atoms with Crippen LogP contribution in [0.4, 0.5) is 0 Å². The lowest BCUT2D eigenvalue weighted by atomic mass is 10.3. The van der Waals surface area contributed by atoms with Crippen LogP contribution in [0.2, 0.25) is 0 Å². The van der Waals surface area contributed by atoms with Crippen LogP contribution in [0.15, 0.2) is 12.5 Å². The monoisotopic (exact) mass is 162 g/mol. The van der Waals surface area contributed by atoms with Gasteiger partial charge < -0.3 is 5.73 Å². The van der Waals surface area contributed by atoms with Crippen molar-refractivity contribution in [3.8, 4) is 0 Å². The van der Waals surface area contributed by atoms with E-state index in [0.717, 1.165) is 0 Å². The lowest BCUT2D eigenvalue weighted by molar-refractivity contribution is 1.09. The molecule has 0 atom stereocenters. The van der Waals surface area contributed by atoms with Gasteiger partial charge in [0.05, 0.1) is 6.20 Å². The summed E-state index contributed by atoms with van der Waals surface area (Å²) in [7, 11) is 0. The van der Waals surface area contributed by atoms with E-state index < -0.39 is 0 Å². The zero-order chi connectivity index (χ0) is 8.55. The predicted octanol–water partition coefficient (Wildman–Crippen LogP) is -0.363. The predicted molar refractivity (Wildman–Crippen MR) is 42.7 cm³/mol. The standard InChI is InChI=1S/C6H6N6/c7-6(8)5-4-3(11-12-5)1-9-2-10-4/h1-2H,(H3,7,8)(H,11,12). The number of rotatable bonds is 1. The Bertz CT molecular complexity index is 430. The molecule has 2 aromatic rings. The van der Waals surface area contributed by atoms with Crippen molar-refractivity contribution in [2.75, 3.05) is 0 Å². The van der Waals surface area contributed by atoms with Gasteiger partial charge in [-0.3, -0.25) is 10.5 Å². The fraction of sp³-hybridized carbons (Fsp3) is 0. The summed E-state index contributed by atoms with van der Waals surface area (Å²) in [6.45, 7) is 0. The number of fused-ring (bicyclic) bond motifs is 1. The van der Waals surface area contributed by atoms with Gasteiger partial charge in [-0.1, -0.05) is 0 Å². The van der Waals surface area contributed by atoms with Gasteiger partial charge in [-0.15, -0.1) is 0 Å². The van der Waals surface area contributed by atoms with E-state index in [4.69, 9.17) is 11.1 Å². The topological polar surface area (TPSA) is 104 Å². The summed E-state index contributed by atoms with van der Waals surface area (Å²) in [6.07, 6.45) is 2.98. The first-order valence-corrected chi connectivity index (χ1v) is 3.27. The van der Waals surface area contributed by atoms with E-state index in [1.54, 1.807) is 6.20 Å². The highest BCUT2D eigenvalue weighted by molar-refractivity contribution is 6.03. The van der Waals surface area contributed by atoms with Gasteiger partial charge in [0.1, 0.15) is 23.2 Å². The highest BCUT2D eigenvalue weighted by Crippen LogP contribution is 2.09. The maximum Gasteiger partial charge on any atom is 0.153 e. The van der Waals surface area contributed by atoms with E-state index in [1.807, 2.05) is 0 Å². The summed E-state index contributed by atoms with van der Waals surface area (Å²) in [5.74, 6) is -0.0973. The number of nitrogen functional groups attached to an aromatic ring is 1. The van der Waals surface area contributed by atoms with E-state index in [2.05, 4.69) is 20.2 Å². The summed E-state index contributed by atoms with van der Waals surface area (Å²) in [4.78, 5) is 7.73. The molecule has 0 spiro atoms. The number of aromatic amines is 1. The molecule has 2 rings (SSSR count). The minimum atomic E-state index is -0.0973. The highest BCUT2D eigenvalue weighted by Gasteiger charge is 2.07. The van der Waals surface area contributed by atoms with E-state index in [1.165, 1.54) is 6.33 Å². The Balaban J connectivity index is 2.79. The summed E-state index contributed by atoms with van der Waals surface area (Å²) >= 11 is 0. The Kier molecular flexibility index (Phi) is 1.26. The molecule has 0 radical (unpaired) electrons. The van der Waals surface area contributed by atoms with Crippen molar-refractivity contribution in [2.24, 2.45) is 5.73 Å². The second-order valence-electron chi connectivity index (χ2n) is 2.27. The Morgan fingerprint density at radius 1 is 1.58 bits per heavy atom. The SMILES string of the molecule is N=C(N)c1n[nH]c2cncnc12. The second-order valence-corrected chi connectivity index (χ2v) is 2.27. The average molecular weight is 162 g/mol. The van der Waals surface area contributed by atoms with Gasteiger partial charge in [-0.2, -0.15) is 5.10 Å². The first kappa shape index (κ1) is 6.71. The summed E-state index contributed by atoms with van der Waals surface area (Å²) in [5.41, 5.74) is 6.90. The minimum Gasteiger partial charge on any atom is -0.382 e. The molecular weight excluding hydrogens is 156 g/mol. The number of nitrogens with two attached hydrogens (primary N) is 1. The molecule has 60 valence electrons. The molecule has 6 nitrogen and oxygen atoms in total. The average Bonchev–Trinajstić information content (AvgIpc) is 2.47. The van der Waals surface area contributed by atoms with E-state index >= 15 is 0 Å². The lowest BCUT2D eigenvalue weighted by Crippen LogP contribution is -2.12. The van der Waals surface area contributed by atoms with Crippen molar-refractivity contribution in [3.63, 3.8) is 0 Å². The molecule has 0 unspecified atom stereocenters. The van der Waals surface area contributed by atoms with Crippen LogP contribution in [-0.4, -0.2) is 26.0 Å². The van der Waals surface area contributed by atoms with Gasteiger partial charge in [0.25, 0.3) is 0 Å². The molecule has 12 heavy (non-hydrogen) atoms. The van der Waals surface area contributed by atoms with Crippen molar-refractivity contribution in [1.29, 1.82) is 5.41 Å². The molecule has 0 aliphatic rings. The van der Waals surface area contributed by atoms with Crippen LogP contribution in [-0.2, 0) is 0 Å². The molecule has 0 saturated carbocycles. The molecule has 0 amide bonds. The summed E-state index contributed by atoms with van der Waals surface area (Å²) in [6, 6.07) is 0. The Labute approximate surface area is 67.3 Å². The molecule has 0 saturated heterocycles. The Morgan fingerprint density at radius 3 is 3.17 bits per heavy atom. The molecule has 0 aliphatic carbocycles. The molecule has 0 aromatic carbocycles. The molecule has 0 aliphatic heterocycles. The van der Waals surface area contributed by atoms with E-state index in [-0.39, 0.29) is 5.84 Å². The van der Waals surface area contributed by atoms with Crippen LogP contribution in [0.5, 0.6) is 0 Å². The Morgan fingerprint density at radius 2 is 2.42 bits per heavy atom. The number of H-pyrrole nitrogens is 1. The van der Waals surface area contributed by atoms with Crippen molar-refractivity contribution in [2.45, 2.75) is 0 Å². The van der Waals surface area contributed by atoms with Crippen LogP contribution in [0, 0.1) is 5.41 Å². The number of aromatic nitrogens is 4. The maximum atomic E-state index is 7.17. The molecule has 6 heteroatoms. The first-order valence-electron chi connectivity index (χ1n) is 3.27. The van der Waals surface area contributed by atoms with Crippen molar-refractivity contribution >= 4 is 16.9 Å². The van der Waals surface area contributed by atoms with Gasteiger partial charge in [-0.25, -0.2) is 9.97 Å². The molecule has 0 bridgehead atoms. The maximum absolute atomic E-state index is 7.17. The number of hydrogen-bond acceptors (Lipinski definition) is 4. The van der Waals surface area contributed by atoms with Gasteiger partial charge in [-0.05, 0) is 0 Å². The van der Waals surface area contributed by atoms with E-state index in [0.29, 0.717) is 16.7 Å². The van der Waals surface area contributed by atoms with Crippen molar-refractivity contribution < 1.29 is 0 Å². The highest BCUT2D eigenvalue weighted by atomic mass is 15.1. The quantitative estimate of drug-likeness (QED) is 0.393. The number of nitrogens with zero attached hydrogens (tertiary/aromatic N) is 3. The van der Waals surface area contributed by atoms with E-state index in [9.17, 15) is 0 Å². The zero-order valence-electron chi connectivity index (χ0n) is 6.07. The fourth-order valence-electron chi connectivity index (χ4n) is 0.957. The molecular formula is C6H6N6. The van der Waals surface area contributed by atoms with Crippen LogP contribution < -0.4 is 5.73 Å². The first-order chi connectivity index (χ1) is 5.79. The number of amidine groups is 1. The van der Waals surface area contributed by atoms with Gasteiger partial charge in [0, 0.05) is 0 Å². The summed E-state index contributed by atoms with van der Waals surface area (Å²) in [5, 5.41) is 13.7. The van der Waals surface area contributed by atoms with Crippen LogP contribution in [0.3, 0.4) is 0 Å². The van der Waals surface area contributed by atoms with Crippen LogP contribution >= 0.6 is 0 Å². The molecule has 0 fully saturated rings. The van der Waals surface area contributed by atoms with Crippen LogP contribution in [0.1, 0.15) is 5.69 Å². The normalized spacial score (nSPS) is 10.3. The third-order valence-corrected chi connectivity index (χ3v) is 1.48. The third kappa shape index (κ3) is 0.815. The van der Waals surface area contributed by atoms with Gasteiger partial charge in [0.2, 0.25) is 0 Å². The number of nitrogens with one attached hydrogen (secondary N) is 2. The van der Waals surface area contributed by atoms with Crippen LogP contribution in [0.25, 0.3) is 11.0 Å². The number of hydrogen-bond donors (Lipinski definition) is 3. The van der Waals surface area contributed by atoms with Gasteiger partial charge >= 0.3 is 0 Å². The minimum absolute atomic E-state index is 0.0973. The summed E-state index contributed by atoms with van der Waals surface area (Å²) < 4.78 is 0. The van der Waals surface area contributed by atoms with Gasteiger partial charge in [0.15, 0.2) is 5.69 Å². The third-order valence-electron chi connectivity index (χ3n) is 1.48. The molecule has 2 aromatic heterocycles. The molecule has 2 heterocycles. The largest absolute Gasteiger partial charge is 0.382 e. The smallest absolute Gasteiger partial charge is 0.153 e. The lowest BCUT2D eigenvalue weighted by Gasteiger charge is -1.89. The van der Waals surface area contributed by atoms with Crippen molar-refractivity contribution in [1.82, 2.24) is 20.2 Å². The Hall–Kier alpha value is -1.98. The fourth-order valence-corrected chi connectivity index (χ4v) is 0.957. The van der Waals surface area contributed by atoms with Crippen molar-refractivity contribution in [3.05, 3.63) is 18.2 Å².